The maximum absolute atomic E-state index is 12.5. The molecule has 0 amide bonds. The minimum absolute atomic E-state index is 0.0297. The Balaban J connectivity index is 2.75. The van der Waals surface area contributed by atoms with Crippen molar-refractivity contribution < 1.29 is 19.4 Å². The number of nitrogens with two attached hydrogens (primary N) is 1. The van der Waals surface area contributed by atoms with Gasteiger partial charge in [0.2, 0.25) is 5.88 Å². The maximum Gasteiger partial charge on any atom is 0.338 e. The molecule has 1 aliphatic heterocycles. The second-order valence-electron chi connectivity index (χ2n) is 7.11. The van der Waals surface area contributed by atoms with Crippen LogP contribution in [-0.2, 0) is 19.7 Å². The third-order valence-electron chi connectivity index (χ3n) is 4.29. The average molecular weight is 356 g/mol. The molecule has 6 heteroatoms. The molecule has 3 N–H and O–H groups in total. The summed E-state index contributed by atoms with van der Waals surface area (Å²) in [6.07, 6.45) is 0. The van der Waals surface area contributed by atoms with E-state index in [9.17, 15) is 15.2 Å². The highest BCUT2D eigenvalue weighted by Crippen LogP contribution is 2.45. The Kier molecular flexibility index (Phi) is 5.31. The zero-order valence-corrected chi connectivity index (χ0v) is 15.7. The number of hydrogen-bond acceptors (Lipinski definition) is 6. The lowest BCUT2D eigenvalue weighted by Crippen LogP contribution is -2.26. The fraction of sp³-hybridized carbons (Fsp3) is 0.400. The van der Waals surface area contributed by atoms with Crippen molar-refractivity contribution in [3.8, 4) is 11.8 Å². The first-order chi connectivity index (χ1) is 12.1. The van der Waals surface area contributed by atoms with E-state index in [0.717, 1.165) is 0 Å². The average Bonchev–Trinajstić information content (AvgIpc) is 2.53. The highest BCUT2D eigenvalue weighted by Gasteiger charge is 2.38. The molecule has 0 saturated heterocycles. The Bertz CT molecular complexity index is 838. The second kappa shape index (κ2) is 7.12. The minimum atomic E-state index is -0.852. The number of nitriles is 1. The molecule has 0 radical (unpaired) electrons. The molecule has 1 atom stereocenters. The Hall–Kier alpha value is -2.94. The number of carbonyl (C=O) groups is 1. The van der Waals surface area contributed by atoms with E-state index in [4.69, 9.17) is 15.2 Å². The van der Waals surface area contributed by atoms with Gasteiger partial charge in [0.05, 0.1) is 18.1 Å². The number of para-hydroxylation sites is 1. The highest BCUT2D eigenvalue weighted by molar-refractivity contribution is 5.92. The first kappa shape index (κ1) is 19.4. The first-order valence-corrected chi connectivity index (χ1v) is 8.41. The molecule has 1 aliphatic rings. The summed E-state index contributed by atoms with van der Waals surface area (Å²) >= 11 is 0. The SMILES string of the molecule is CCOC(=O)C1=C(C)OC(N)=C(C#N)C1c1cccc(C(C)(C)C)c1O. The van der Waals surface area contributed by atoms with Crippen LogP contribution in [0.1, 0.15) is 51.7 Å². The zero-order valence-electron chi connectivity index (χ0n) is 15.7. The molecular weight excluding hydrogens is 332 g/mol. The van der Waals surface area contributed by atoms with Crippen LogP contribution in [0.2, 0.25) is 0 Å². The van der Waals surface area contributed by atoms with Gasteiger partial charge in [0.25, 0.3) is 0 Å². The number of ether oxygens (including phenoxy) is 2. The molecule has 0 fully saturated rings. The lowest BCUT2D eigenvalue weighted by atomic mass is 9.78. The Morgan fingerprint density at radius 1 is 1.42 bits per heavy atom. The van der Waals surface area contributed by atoms with Crippen LogP contribution < -0.4 is 5.73 Å². The lowest BCUT2D eigenvalue weighted by Gasteiger charge is -2.29. The number of phenols is 1. The normalized spacial score (nSPS) is 17.6. The van der Waals surface area contributed by atoms with E-state index in [1.807, 2.05) is 32.9 Å². The van der Waals surface area contributed by atoms with Crippen molar-refractivity contribution in [1.29, 1.82) is 5.26 Å². The van der Waals surface area contributed by atoms with E-state index in [0.29, 0.717) is 11.1 Å². The molecule has 1 aromatic rings. The van der Waals surface area contributed by atoms with Gasteiger partial charge in [-0.15, -0.1) is 0 Å². The molecule has 6 nitrogen and oxygen atoms in total. The van der Waals surface area contributed by atoms with E-state index in [1.54, 1.807) is 26.0 Å². The number of nitrogens with zero attached hydrogens (tertiary/aromatic N) is 1. The first-order valence-electron chi connectivity index (χ1n) is 8.41. The standard InChI is InChI=1S/C20H24N2O4/c1-6-25-19(24)15-11(2)26-18(22)13(10-21)16(15)12-8-7-9-14(17(12)23)20(3,4)5/h7-9,16,23H,6,22H2,1-5H3. The number of carbonyl (C=O) groups excluding carboxylic acids is 1. The van der Waals surface area contributed by atoms with Gasteiger partial charge in [0.15, 0.2) is 0 Å². The van der Waals surface area contributed by atoms with Crippen LogP contribution in [0.25, 0.3) is 0 Å². The Morgan fingerprint density at radius 3 is 2.62 bits per heavy atom. The molecule has 0 bridgehead atoms. The molecular formula is C20H24N2O4. The highest BCUT2D eigenvalue weighted by atomic mass is 16.5. The molecule has 0 saturated carbocycles. The maximum atomic E-state index is 12.5. The summed E-state index contributed by atoms with van der Waals surface area (Å²) in [6, 6.07) is 7.29. The molecule has 1 heterocycles. The molecule has 0 aliphatic carbocycles. The van der Waals surface area contributed by atoms with Gasteiger partial charge >= 0.3 is 5.97 Å². The summed E-state index contributed by atoms with van der Waals surface area (Å²) in [5.41, 5.74) is 6.92. The van der Waals surface area contributed by atoms with Crippen molar-refractivity contribution in [2.75, 3.05) is 6.61 Å². The molecule has 1 aromatic carbocycles. The summed E-state index contributed by atoms with van der Waals surface area (Å²) < 4.78 is 10.5. The second-order valence-corrected chi connectivity index (χ2v) is 7.11. The summed E-state index contributed by atoms with van der Waals surface area (Å²) in [4.78, 5) is 12.5. The number of esters is 1. The number of aromatic hydroxyl groups is 1. The number of hydrogen-bond donors (Lipinski definition) is 2. The van der Waals surface area contributed by atoms with Crippen molar-refractivity contribution in [3.05, 3.63) is 52.1 Å². The van der Waals surface area contributed by atoms with Crippen LogP contribution in [0.5, 0.6) is 5.75 Å². The number of rotatable bonds is 3. The molecule has 0 aromatic heterocycles. The number of benzene rings is 1. The molecule has 26 heavy (non-hydrogen) atoms. The van der Waals surface area contributed by atoms with Crippen LogP contribution >= 0.6 is 0 Å². The van der Waals surface area contributed by atoms with Crippen molar-refractivity contribution in [2.24, 2.45) is 5.73 Å². The van der Waals surface area contributed by atoms with Gasteiger partial charge < -0.3 is 20.3 Å². The van der Waals surface area contributed by atoms with Crippen molar-refractivity contribution in [1.82, 2.24) is 0 Å². The van der Waals surface area contributed by atoms with E-state index in [2.05, 4.69) is 0 Å². The summed E-state index contributed by atoms with van der Waals surface area (Å²) in [7, 11) is 0. The predicted molar refractivity (Wildman–Crippen MR) is 96.8 cm³/mol. The van der Waals surface area contributed by atoms with Crippen LogP contribution in [0, 0.1) is 11.3 Å². The Morgan fingerprint density at radius 2 is 2.08 bits per heavy atom. The monoisotopic (exact) mass is 356 g/mol. The van der Waals surface area contributed by atoms with E-state index in [-0.39, 0.29) is 40.6 Å². The molecule has 138 valence electrons. The molecule has 2 rings (SSSR count). The van der Waals surface area contributed by atoms with E-state index < -0.39 is 11.9 Å². The third-order valence-corrected chi connectivity index (χ3v) is 4.29. The number of allylic oxidation sites excluding steroid dienone is 2. The van der Waals surface area contributed by atoms with Gasteiger partial charge in [0, 0.05) is 5.56 Å². The van der Waals surface area contributed by atoms with Gasteiger partial charge in [0.1, 0.15) is 23.2 Å². The fourth-order valence-corrected chi connectivity index (χ4v) is 3.07. The van der Waals surface area contributed by atoms with Gasteiger partial charge in [-0.1, -0.05) is 39.0 Å². The van der Waals surface area contributed by atoms with Gasteiger partial charge in [-0.2, -0.15) is 5.26 Å². The topological polar surface area (TPSA) is 106 Å². The quantitative estimate of drug-likeness (QED) is 0.805. The van der Waals surface area contributed by atoms with E-state index in [1.165, 1.54) is 0 Å². The molecule has 0 spiro atoms. The minimum Gasteiger partial charge on any atom is -0.507 e. The largest absolute Gasteiger partial charge is 0.507 e. The van der Waals surface area contributed by atoms with E-state index >= 15 is 0 Å². The van der Waals surface area contributed by atoms with Crippen molar-refractivity contribution in [2.45, 2.75) is 46.0 Å². The lowest BCUT2D eigenvalue weighted by molar-refractivity contribution is -0.139. The van der Waals surface area contributed by atoms with Crippen LogP contribution in [0.15, 0.2) is 41.0 Å². The fourth-order valence-electron chi connectivity index (χ4n) is 3.07. The van der Waals surface area contributed by atoms with Crippen LogP contribution in [0.4, 0.5) is 0 Å². The van der Waals surface area contributed by atoms with Crippen LogP contribution in [-0.4, -0.2) is 17.7 Å². The molecule has 1 unspecified atom stereocenters. The summed E-state index contributed by atoms with van der Waals surface area (Å²) in [6.45, 7) is 9.37. The predicted octanol–water partition coefficient (Wildman–Crippen LogP) is 3.33. The summed E-state index contributed by atoms with van der Waals surface area (Å²) in [5.74, 6) is -1.25. The Labute approximate surface area is 153 Å². The smallest absolute Gasteiger partial charge is 0.338 e. The van der Waals surface area contributed by atoms with Crippen molar-refractivity contribution in [3.63, 3.8) is 0 Å². The van der Waals surface area contributed by atoms with Crippen molar-refractivity contribution >= 4 is 5.97 Å². The van der Waals surface area contributed by atoms with Gasteiger partial charge in [-0.3, -0.25) is 0 Å². The van der Waals surface area contributed by atoms with Gasteiger partial charge in [-0.05, 0) is 24.8 Å². The number of phenolic OH excluding ortho intramolecular Hbond substituents is 1. The van der Waals surface area contributed by atoms with Gasteiger partial charge in [-0.25, -0.2) is 4.79 Å². The summed E-state index contributed by atoms with van der Waals surface area (Å²) in [5, 5.41) is 20.5. The third kappa shape index (κ3) is 3.38. The zero-order chi connectivity index (χ0) is 19.6. The van der Waals surface area contributed by atoms with Crippen LogP contribution in [0.3, 0.4) is 0 Å².